The van der Waals surface area contributed by atoms with E-state index >= 15 is 0 Å². The van der Waals surface area contributed by atoms with Gasteiger partial charge in [-0.1, -0.05) is 35.9 Å². The molecule has 156 valence electrons. The van der Waals surface area contributed by atoms with Gasteiger partial charge in [0.15, 0.2) is 11.7 Å². The standard InChI is InChI=1S/C23H25N3O3S/c1-5-10-26-15(3)11-18(16(26)4)19(27)13-29-21(28)12-20-22(25-23(24)30-20)17-8-6-14(2)7-9-17/h5-9,11H,1,10,12-13H2,2-4H3,(H2,24,25). The summed E-state index contributed by atoms with van der Waals surface area (Å²) in [5, 5.41) is 0.388. The number of nitrogens with two attached hydrogens (primary N) is 1. The van der Waals surface area contributed by atoms with Crippen LogP contribution in [0.25, 0.3) is 11.3 Å². The van der Waals surface area contributed by atoms with Crippen molar-refractivity contribution in [3.63, 3.8) is 0 Å². The van der Waals surface area contributed by atoms with Crippen LogP contribution >= 0.6 is 11.3 Å². The van der Waals surface area contributed by atoms with Crippen LogP contribution in [0.4, 0.5) is 5.13 Å². The molecule has 0 saturated carbocycles. The maximum atomic E-state index is 12.6. The first kappa shape index (κ1) is 21.5. The molecule has 3 aromatic rings. The predicted octanol–water partition coefficient (Wildman–Crippen LogP) is 4.27. The molecule has 0 spiro atoms. The lowest BCUT2D eigenvalue weighted by Crippen LogP contribution is -2.16. The number of anilines is 1. The number of carbonyl (C=O) groups is 2. The summed E-state index contributed by atoms with van der Waals surface area (Å²) in [6, 6.07) is 9.67. The van der Waals surface area contributed by atoms with Gasteiger partial charge in [-0.15, -0.1) is 17.9 Å². The number of Topliss-reactive ketones (excluding diaryl/α,β-unsaturated/α-hetero) is 1. The molecule has 1 aromatic carbocycles. The first-order valence-corrected chi connectivity index (χ1v) is 10.4. The van der Waals surface area contributed by atoms with Crippen molar-refractivity contribution in [2.45, 2.75) is 33.7 Å². The molecule has 0 unspecified atom stereocenters. The van der Waals surface area contributed by atoms with Crippen LogP contribution in [0.15, 0.2) is 43.0 Å². The smallest absolute Gasteiger partial charge is 0.311 e. The van der Waals surface area contributed by atoms with E-state index < -0.39 is 5.97 Å². The second-order valence-electron chi connectivity index (χ2n) is 7.13. The SMILES string of the molecule is C=CCn1c(C)cc(C(=O)COC(=O)Cc2sc(N)nc2-c2ccc(C)cc2)c1C. The van der Waals surface area contributed by atoms with Gasteiger partial charge in [0.25, 0.3) is 0 Å². The number of carbonyl (C=O) groups excluding carboxylic acids is 2. The molecule has 6 nitrogen and oxygen atoms in total. The van der Waals surface area contributed by atoms with Gasteiger partial charge in [-0.05, 0) is 26.8 Å². The van der Waals surface area contributed by atoms with Crippen LogP contribution in [0.3, 0.4) is 0 Å². The first-order valence-electron chi connectivity index (χ1n) is 9.58. The average Bonchev–Trinajstić information content (AvgIpc) is 3.21. The predicted molar refractivity (Wildman–Crippen MR) is 120 cm³/mol. The van der Waals surface area contributed by atoms with Crippen molar-refractivity contribution in [3.8, 4) is 11.3 Å². The molecular formula is C23H25N3O3S. The van der Waals surface area contributed by atoms with E-state index in [9.17, 15) is 9.59 Å². The number of benzene rings is 1. The number of rotatable bonds is 8. The highest BCUT2D eigenvalue weighted by Gasteiger charge is 2.19. The molecule has 0 bridgehead atoms. The van der Waals surface area contributed by atoms with Crippen LogP contribution in [0.1, 0.15) is 32.2 Å². The Hall–Kier alpha value is -3.19. The molecule has 0 aliphatic heterocycles. The summed E-state index contributed by atoms with van der Waals surface area (Å²) in [4.78, 5) is 30.0. The molecule has 0 saturated heterocycles. The molecule has 7 heteroatoms. The number of esters is 1. The van der Waals surface area contributed by atoms with Crippen molar-refractivity contribution >= 4 is 28.2 Å². The third kappa shape index (κ3) is 4.68. The zero-order valence-electron chi connectivity index (χ0n) is 17.4. The fraction of sp³-hybridized carbons (Fsp3) is 0.261. The zero-order valence-corrected chi connectivity index (χ0v) is 18.2. The van der Waals surface area contributed by atoms with Crippen LogP contribution in [-0.4, -0.2) is 27.9 Å². The number of hydrogen-bond donors (Lipinski definition) is 1. The van der Waals surface area contributed by atoms with E-state index in [-0.39, 0.29) is 18.8 Å². The molecule has 0 atom stereocenters. The van der Waals surface area contributed by atoms with E-state index in [1.165, 1.54) is 11.3 Å². The summed E-state index contributed by atoms with van der Waals surface area (Å²) in [6.07, 6.45) is 1.79. The fourth-order valence-electron chi connectivity index (χ4n) is 3.33. The minimum atomic E-state index is -0.486. The lowest BCUT2D eigenvalue weighted by Gasteiger charge is -2.07. The molecule has 2 N–H and O–H groups in total. The number of aryl methyl sites for hydroxylation is 2. The minimum absolute atomic E-state index is 0.0147. The minimum Gasteiger partial charge on any atom is -0.457 e. The van der Waals surface area contributed by atoms with Crippen molar-refractivity contribution < 1.29 is 14.3 Å². The summed E-state index contributed by atoms with van der Waals surface area (Å²) in [5.74, 6) is -0.713. The first-order chi connectivity index (χ1) is 14.3. The van der Waals surface area contributed by atoms with E-state index in [0.29, 0.717) is 22.9 Å². The zero-order chi connectivity index (χ0) is 21.8. The van der Waals surface area contributed by atoms with Crippen molar-refractivity contribution in [1.82, 2.24) is 9.55 Å². The molecular weight excluding hydrogens is 398 g/mol. The topological polar surface area (TPSA) is 87.2 Å². The van der Waals surface area contributed by atoms with E-state index in [4.69, 9.17) is 10.5 Å². The molecule has 0 fully saturated rings. The van der Waals surface area contributed by atoms with Crippen LogP contribution in [0.2, 0.25) is 0 Å². The Morgan fingerprint density at radius 3 is 2.60 bits per heavy atom. The lowest BCUT2D eigenvalue weighted by molar-refractivity contribution is -0.141. The van der Waals surface area contributed by atoms with Gasteiger partial charge >= 0.3 is 5.97 Å². The number of ether oxygens (including phenoxy) is 1. The summed E-state index contributed by atoms with van der Waals surface area (Å²) >= 11 is 1.25. The number of allylic oxidation sites excluding steroid dienone is 1. The fourth-order valence-corrected chi connectivity index (χ4v) is 4.17. The molecule has 3 rings (SSSR count). The number of aromatic nitrogens is 2. The van der Waals surface area contributed by atoms with Crippen molar-refractivity contribution in [3.05, 3.63) is 70.4 Å². The molecule has 0 radical (unpaired) electrons. The molecule has 2 aromatic heterocycles. The summed E-state index contributed by atoms with van der Waals surface area (Å²) in [6.45, 7) is 9.87. The maximum Gasteiger partial charge on any atom is 0.311 e. The van der Waals surface area contributed by atoms with Crippen molar-refractivity contribution in [2.24, 2.45) is 0 Å². The second kappa shape index (κ2) is 9.09. The van der Waals surface area contributed by atoms with Gasteiger partial charge in [0, 0.05) is 33.9 Å². The quantitative estimate of drug-likeness (QED) is 0.332. The molecule has 0 aliphatic rings. The molecule has 30 heavy (non-hydrogen) atoms. The monoisotopic (exact) mass is 423 g/mol. The second-order valence-corrected chi connectivity index (χ2v) is 8.25. The largest absolute Gasteiger partial charge is 0.457 e. The third-order valence-electron chi connectivity index (χ3n) is 4.89. The van der Waals surface area contributed by atoms with E-state index in [1.54, 1.807) is 6.08 Å². The third-order valence-corrected chi connectivity index (χ3v) is 5.78. The highest BCUT2D eigenvalue weighted by Crippen LogP contribution is 2.30. The van der Waals surface area contributed by atoms with E-state index in [2.05, 4.69) is 11.6 Å². The average molecular weight is 424 g/mol. The maximum absolute atomic E-state index is 12.6. The highest BCUT2D eigenvalue weighted by molar-refractivity contribution is 7.15. The number of thiazole rings is 1. The van der Waals surface area contributed by atoms with E-state index in [0.717, 1.165) is 27.4 Å². The summed E-state index contributed by atoms with van der Waals surface area (Å²) in [7, 11) is 0. The van der Waals surface area contributed by atoms with E-state index in [1.807, 2.05) is 55.7 Å². The van der Waals surface area contributed by atoms with Gasteiger partial charge in [0.05, 0.1) is 12.1 Å². The Kier molecular flexibility index (Phi) is 6.52. The Morgan fingerprint density at radius 1 is 1.23 bits per heavy atom. The van der Waals surface area contributed by atoms with Gasteiger partial charge in [-0.3, -0.25) is 9.59 Å². The molecule has 2 heterocycles. The van der Waals surface area contributed by atoms with Crippen LogP contribution < -0.4 is 5.73 Å². The van der Waals surface area contributed by atoms with Crippen molar-refractivity contribution in [2.75, 3.05) is 12.3 Å². The van der Waals surface area contributed by atoms with Gasteiger partial charge in [0.2, 0.25) is 5.78 Å². The van der Waals surface area contributed by atoms with Crippen LogP contribution in [0, 0.1) is 20.8 Å². The van der Waals surface area contributed by atoms with Gasteiger partial charge < -0.3 is 15.0 Å². The van der Waals surface area contributed by atoms with Crippen LogP contribution in [-0.2, 0) is 22.5 Å². The molecule has 0 aliphatic carbocycles. The van der Waals surface area contributed by atoms with Crippen LogP contribution in [0.5, 0.6) is 0 Å². The van der Waals surface area contributed by atoms with Gasteiger partial charge in [0.1, 0.15) is 0 Å². The Labute approximate surface area is 180 Å². The Balaban J connectivity index is 1.67. The number of hydrogen-bond acceptors (Lipinski definition) is 6. The van der Waals surface area contributed by atoms with Gasteiger partial charge in [-0.25, -0.2) is 4.98 Å². The Bertz CT molecular complexity index is 1090. The number of nitrogen functional groups attached to an aromatic ring is 1. The van der Waals surface area contributed by atoms with Crippen molar-refractivity contribution in [1.29, 1.82) is 0 Å². The Morgan fingerprint density at radius 2 is 1.93 bits per heavy atom. The summed E-state index contributed by atoms with van der Waals surface area (Å²) in [5.41, 5.74) is 10.9. The number of ketones is 1. The normalized spacial score (nSPS) is 10.8. The molecule has 0 amide bonds. The summed E-state index contributed by atoms with van der Waals surface area (Å²) < 4.78 is 7.26. The van der Waals surface area contributed by atoms with Gasteiger partial charge in [-0.2, -0.15) is 0 Å². The lowest BCUT2D eigenvalue weighted by atomic mass is 10.1. The highest BCUT2D eigenvalue weighted by atomic mass is 32.1. The number of nitrogens with zero attached hydrogens (tertiary/aromatic N) is 2.